The number of imide groups is 1. The molecular weight excluding hydrogens is 901 g/mol. The number of halogens is 4. The number of fused-ring (bicyclic) bond motifs is 1. The van der Waals surface area contributed by atoms with Gasteiger partial charge in [0.2, 0.25) is 27.8 Å². The van der Waals surface area contributed by atoms with Gasteiger partial charge >= 0.3 is 11.9 Å². The molecule has 2 amide bonds. The maximum atomic E-state index is 16.1. The fourth-order valence-corrected chi connectivity index (χ4v) is 11.2. The Morgan fingerprint density at radius 3 is 2.42 bits per heavy atom. The lowest BCUT2D eigenvalue weighted by Crippen LogP contribution is -2.48. The molecule has 0 spiro atoms. The summed E-state index contributed by atoms with van der Waals surface area (Å²) in [4.78, 5) is 51.4. The highest BCUT2D eigenvalue weighted by Crippen LogP contribution is 2.38. The van der Waals surface area contributed by atoms with E-state index >= 15 is 4.39 Å². The number of hydrogen-bond acceptors (Lipinski definition) is 13. The van der Waals surface area contributed by atoms with Gasteiger partial charge in [0.25, 0.3) is 0 Å². The highest BCUT2D eigenvalue weighted by Gasteiger charge is 2.40. The number of hydrogen-bond donors (Lipinski definition) is 4. The van der Waals surface area contributed by atoms with Crippen LogP contribution in [0.2, 0.25) is 0 Å². The zero-order valence-electron chi connectivity index (χ0n) is 38.0. The number of aryl methyl sites for hydroxylation is 2. The van der Waals surface area contributed by atoms with Crippen LogP contribution in [0, 0.1) is 18.7 Å². The molecule has 3 atom stereocenters. The molecule has 4 aliphatic rings. The first kappa shape index (κ1) is 48.3. The van der Waals surface area contributed by atoms with Gasteiger partial charge in [-0.25, -0.2) is 27.3 Å². The van der Waals surface area contributed by atoms with Crippen LogP contribution >= 0.6 is 0 Å². The minimum atomic E-state index is -4.71. The Kier molecular flexibility index (Phi) is 13.8. The number of carbonyl (C=O) groups excluding carboxylic acids is 2. The molecule has 364 valence electrons. The molecule has 5 heterocycles. The molecule has 3 aliphatic heterocycles. The van der Waals surface area contributed by atoms with Crippen LogP contribution in [0.1, 0.15) is 82.4 Å². The monoisotopic (exact) mass is 958 g/mol. The molecule has 22 heteroatoms. The van der Waals surface area contributed by atoms with Crippen molar-refractivity contribution in [1.29, 1.82) is 0 Å². The van der Waals surface area contributed by atoms with E-state index in [1.807, 2.05) is 4.90 Å². The number of carbonyl (C=O) groups is 2. The summed E-state index contributed by atoms with van der Waals surface area (Å²) in [6.07, 6.45) is 0.769. The van der Waals surface area contributed by atoms with Crippen molar-refractivity contribution >= 4 is 56.0 Å². The van der Waals surface area contributed by atoms with E-state index in [0.717, 1.165) is 45.3 Å². The van der Waals surface area contributed by atoms with Gasteiger partial charge in [-0.3, -0.25) is 28.9 Å². The molecule has 1 unspecified atom stereocenters. The van der Waals surface area contributed by atoms with Crippen LogP contribution in [-0.4, -0.2) is 120 Å². The van der Waals surface area contributed by atoms with E-state index < -0.39 is 62.8 Å². The van der Waals surface area contributed by atoms with Gasteiger partial charge in [0.15, 0.2) is 5.82 Å². The minimum absolute atomic E-state index is 0.00759. The SMILES string of the molecule is Cc1cc(S(=O)(=O)N[C@@H](C)COC2CCC(CN3CCN(c4ccc5c(c4F)n(C)c(=O)n5C4CCC(=O)NC4=O)CC3)CC2)ccc1Nc1ncc(C(F)(F)F)c(N2CCC[C@](C)(O)C2)n1. The maximum Gasteiger partial charge on any atom is 0.421 e. The van der Waals surface area contributed by atoms with Gasteiger partial charge in [-0.2, -0.15) is 18.2 Å². The second kappa shape index (κ2) is 19.1. The number of aromatic nitrogens is 4. The summed E-state index contributed by atoms with van der Waals surface area (Å²) in [5.74, 6) is -1.48. The van der Waals surface area contributed by atoms with Gasteiger partial charge in [0, 0.05) is 77.2 Å². The lowest BCUT2D eigenvalue weighted by Gasteiger charge is -2.39. The van der Waals surface area contributed by atoms with E-state index in [9.17, 15) is 41.1 Å². The zero-order valence-corrected chi connectivity index (χ0v) is 38.9. The number of benzene rings is 2. The van der Waals surface area contributed by atoms with E-state index in [1.54, 1.807) is 32.9 Å². The van der Waals surface area contributed by atoms with Crippen molar-refractivity contribution in [3.63, 3.8) is 0 Å². The summed E-state index contributed by atoms with van der Waals surface area (Å²) < 4.78 is 96.2. The molecule has 1 saturated carbocycles. The second-order valence-electron chi connectivity index (χ2n) is 18.8. The first-order valence-corrected chi connectivity index (χ1v) is 24.3. The number of alkyl halides is 3. The third-order valence-electron chi connectivity index (χ3n) is 13.4. The topological polar surface area (TPSA) is 196 Å². The van der Waals surface area contributed by atoms with E-state index in [-0.39, 0.29) is 60.8 Å². The number of amides is 2. The first-order valence-electron chi connectivity index (χ1n) is 22.8. The normalized spacial score (nSPS) is 24.0. The van der Waals surface area contributed by atoms with Crippen molar-refractivity contribution in [2.75, 3.05) is 67.5 Å². The Labute approximate surface area is 385 Å². The lowest BCUT2D eigenvalue weighted by atomic mass is 9.87. The largest absolute Gasteiger partial charge is 0.421 e. The standard InChI is InChI=1S/C45H58F4N10O7S/c1-27-22-31(10-11-33(27)51-42-50-23-32(45(47,48)49)40(53-42)58-17-5-16-44(3,63)26-58)67(64,65)54-28(2)25-66-30-8-6-29(7-9-30)24-56-18-20-57(21-19-56)34-12-13-35-39(38(34)46)55(4)43(62)59(35)36-14-15-37(60)52-41(36)61/h10-13,22-23,28-30,36,54,63H,5-9,14-21,24-26H2,1-4H3,(H,50,51,53)(H,52,60,61)/t28-,29?,30?,36?,44-/m0/s1. The summed E-state index contributed by atoms with van der Waals surface area (Å²) >= 11 is 0. The summed E-state index contributed by atoms with van der Waals surface area (Å²) in [7, 11) is -2.48. The van der Waals surface area contributed by atoms with Crippen molar-refractivity contribution in [2.45, 2.75) is 107 Å². The van der Waals surface area contributed by atoms with Crippen LogP contribution in [0.4, 0.5) is 40.7 Å². The Balaban J connectivity index is 0.789. The highest BCUT2D eigenvalue weighted by molar-refractivity contribution is 7.89. The average molecular weight is 959 g/mol. The van der Waals surface area contributed by atoms with Crippen molar-refractivity contribution in [3.8, 4) is 0 Å². The minimum Gasteiger partial charge on any atom is -0.388 e. The number of rotatable bonds is 13. The number of ether oxygens (including phenoxy) is 1. The third kappa shape index (κ3) is 10.6. The van der Waals surface area contributed by atoms with E-state index in [2.05, 4.69) is 30.2 Å². The number of imidazole rings is 1. The van der Waals surface area contributed by atoms with Crippen molar-refractivity contribution in [3.05, 3.63) is 64.0 Å². The number of sulfonamides is 1. The number of aliphatic hydroxyl groups is 1. The van der Waals surface area contributed by atoms with Gasteiger partial charge in [-0.05, 0) is 108 Å². The van der Waals surface area contributed by atoms with Crippen LogP contribution in [0.3, 0.4) is 0 Å². The van der Waals surface area contributed by atoms with Gasteiger partial charge in [0.1, 0.15) is 22.9 Å². The van der Waals surface area contributed by atoms with Crippen LogP contribution < -0.4 is 30.8 Å². The fourth-order valence-electron chi connectivity index (χ4n) is 9.90. The van der Waals surface area contributed by atoms with Crippen molar-refractivity contribution in [2.24, 2.45) is 13.0 Å². The second-order valence-corrected chi connectivity index (χ2v) is 20.5. The van der Waals surface area contributed by atoms with Crippen LogP contribution in [0.15, 0.2) is 46.2 Å². The number of piperazine rings is 1. The van der Waals surface area contributed by atoms with Crippen molar-refractivity contribution in [1.82, 2.24) is 34.0 Å². The smallest absolute Gasteiger partial charge is 0.388 e. The summed E-state index contributed by atoms with van der Waals surface area (Å²) in [6.45, 7) is 8.98. The number of piperidine rings is 2. The Morgan fingerprint density at radius 2 is 1.75 bits per heavy atom. The van der Waals surface area contributed by atoms with Crippen LogP contribution in [0.5, 0.6) is 0 Å². The molecule has 2 aromatic carbocycles. The first-order chi connectivity index (χ1) is 31.7. The molecule has 0 bridgehead atoms. The molecular formula is C45H58F4N10O7S. The number of nitrogens with one attached hydrogen (secondary N) is 3. The predicted molar refractivity (Wildman–Crippen MR) is 242 cm³/mol. The predicted octanol–water partition coefficient (Wildman–Crippen LogP) is 4.73. The van der Waals surface area contributed by atoms with E-state index in [0.29, 0.717) is 60.5 Å². The third-order valence-corrected chi connectivity index (χ3v) is 15.0. The summed E-state index contributed by atoms with van der Waals surface area (Å²) in [5, 5.41) is 15.8. The highest BCUT2D eigenvalue weighted by atomic mass is 32.2. The Bertz CT molecular complexity index is 2680. The molecule has 67 heavy (non-hydrogen) atoms. The number of nitrogens with zero attached hydrogens (tertiary/aromatic N) is 7. The zero-order chi connectivity index (χ0) is 48.0. The molecule has 4 N–H and O–H groups in total. The summed E-state index contributed by atoms with van der Waals surface area (Å²) in [5.41, 5.74) is -0.971. The molecule has 8 rings (SSSR count). The average Bonchev–Trinajstić information content (AvgIpc) is 3.52. The van der Waals surface area contributed by atoms with Gasteiger partial charge in [-0.15, -0.1) is 0 Å². The number of anilines is 4. The molecule has 4 fully saturated rings. The lowest BCUT2D eigenvalue weighted by molar-refractivity contribution is -0.138. The fraction of sp³-hybridized carbons (Fsp3) is 0.578. The van der Waals surface area contributed by atoms with E-state index in [1.165, 1.54) is 39.3 Å². The van der Waals surface area contributed by atoms with Gasteiger partial charge < -0.3 is 25.0 Å². The Hall–Kier alpha value is -5.16. The van der Waals surface area contributed by atoms with Crippen molar-refractivity contribution < 1.29 is 45.4 Å². The Morgan fingerprint density at radius 1 is 1.01 bits per heavy atom. The van der Waals surface area contributed by atoms with Gasteiger partial charge in [0.05, 0.1) is 34.4 Å². The molecule has 2 aromatic heterocycles. The summed E-state index contributed by atoms with van der Waals surface area (Å²) in [6, 6.07) is 6.27. The molecule has 3 saturated heterocycles. The maximum absolute atomic E-state index is 16.1. The van der Waals surface area contributed by atoms with E-state index in [4.69, 9.17) is 4.74 Å². The van der Waals surface area contributed by atoms with Crippen LogP contribution in [-0.2, 0) is 37.6 Å². The molecule has 0 radical (unpaired) electrons. The number of β-amino-alcohol motifs (C(OH)–C–C–N with tert-alkyl or cyclic N) is 1. The van der Waals surface area contributed by atoms with Gasteiger partial charge in [-0.1, -0.05) is 0 Å². The molecule has 4 aromatic rings. The quantitative estimate of drug-likeness (QED) is 0.106. The van der Waals surface area contributed by atoms with Crippen LogP contribution in [0.25, 0.3) is 11.0 Å². The molecule has 17 nitrogen and oxygen atoms in total. The molecule has 1 aliphatic carbocycles.